The van der Waals surface area contributed by atoms with Gasteiger partial charge in [-0.05, 0) is 97.9 Å². The van der Waals surface area contributed by atoms with Gasteiger partial charge in [0.1, 0.15) is 12.3 Å². The van der Waals surface area contributed by atoms with Crippen LogP contribution in [0.4, 0.5) is 17.6 Å². The number of ether oxygens (including phenoxy) is 6. The highest BCUT2D eigenvalue weighted by Gasteiger charge is 2.65. The number of nitrogens with zero attached hydrogens (tertiary/aromatic N) is 6. The lowest BCUT2D eigenvalue weighted by Crippen LogP contribution is -2.70. The Kier molecular flexibility index (Phi) is 14.9. The molecule has 12 heterocycles. The molecule has 90 heavy (non-hydrogen) atoms. The number of thioether (sulfide) groups is 2. The highest BCUT2D eigenvalue weighted by Crippen LogP contribution is 2.59. The molecular weight excluding hydrogens is 1210 g/mol. The third-order valence-corrected chi connectivity index (χ3v) is 22.4. The number of carbonyl (C=O) groups excluding carboxylic acids is 4. The van der Waals surface area contributed by atoms with Crippen LogP contribution in [0.2, 0.25) is 0 Å². The zero-order chi connectivity index (χ0) is 62.1. The van der Waals surface area contributed by atoms with E-state index in [1.807, 2.05) is 58.5 Å². The minimum Gasteiger partial charge on any atom is -0.420 e. The van der Waals surface area contributed by atoms with Crippen molar-refractivity contribution in [3.05, 3.63) is 186 Å². The summed E-state index contributed by atoms with van der Waals surface area (Å²) >= 11 is 2.85. The Morgan fingerprint density at radius 3 is 1.39 bits per heavy atom. The highest BCUT2D eigenvalue weighted by atomic mass is 32.2. The molecule has 2 amide bonds. The Morgan fingerprint density at radius 2 is 0.978 bits per heavy atom. The second-order valence-electron chi connectivity index (χ2n) is 24.6. The van der Waals surface area contributed by atoms with Gasteiger partial charge in [0.25, 0.3) is 11.8 Å². The maximum atomic E-state index is 15.6. The molecule has 4 aromatic carbocycles. The van der Waals surface area contributed by atoms with Gasteiger partial charge in [0.05, 0.1) is 61.5 Å². The predicted octanol–water partition coefficient (Wildman–Crippen LogP) is 9.05. The molecule has 0 saturated carbocycles. The lowest BCUT2D eigenvalue weighted by atomic mass is 9.71. The summed E-state index contributed by atoms with van der Waals surface area (Å²) in [7, 11) is 2.90. The number of piperidine rings is 2. The lowest BCUT2D eigenvalue weighted by molar-refractivity contribution is -0.136. The van der Waals surface area contributed by atoms with E-state index in [-0.39, 0.29) is 95.6 Å². The van der Waals surface area contributed by atoms with Crippen LogP contribution < -0.4 is 30.3 Å². The summed E-state index contributed by atoms with van der Waals surface area (Å²) in [5, 5.41) is 4.03. The van der Waals surface area contributed by atoms with E-state index < -0.39 is 93.5 Å². The summed E-state index contributed by atoms with van der Waals surface area (Å²) in [5.41, 5.74) is 1.12. The van der Waals surface area contributed by atoms with Crippen LogP contribution in [0.15, 0.2) is 117 Å². The van der Waals surface area contributed by atoms with Crippen molar-refractivity contribution in [2.45, 2.75) is 133 Å². The van der Waals surface area contributed by atoms with Gasteiger partial charge in [-0.25, -0.2) is 17.6 Å². The summed E-state index contributed by atoms with van der Waals surface area (Å²) in [6.45, 7) is 0.891. The van der Waals surface area contributed by atoms with Crippen LogP contribution >= 0.6 is 23.5 Å². The molecule has 0 radical (unpaired) electrons. The third-order valence-electron chi connectivity index (χ3n) is 20.1. The minimum atomic E-state index is -0.929. The first-order chi connectivity index (χ1) is 43.6. The predicted molar refractivity (Wildman–Crippen MR) is 319 cm³/mol. The summed E-state index contributed by atoms with van der Waals surface area (Å²) in [5.74, 6) is -6.39. The molecule has 10 aliphatic rings. The number of amides is 2. The van der Waals surface area contributed by atoms with Crippen molar-refractivity contribution in [1.29, 1.82) is 0 Å². The Hall–Kier alpha value is -7.48. The maximum absolute atomic E-state index is 15.6. The van der Waals surface area contributed by atoms with Crippen molar-refractivity contribution in [2.75, 3.05) is 50.5 Å². The van der Waals surface area contributed by atoms with E-state index in [1.165, 1.54) is 62.3 Å². The highest BCUT2D eigenvalue weighted by molar-refractivity contribution is 7.98. The molecule has 0 N–H and O–H groups in total. The number of aromatic nitrogens is 2. The van der Waals surface area contributed by atoms with Gasteiger partial charge >= 0.3 is 11.9 Å². The SMILES string of the molecule is COCCC(=O)Oc1c2n(ccc1=O)N([C@@H]1c3ccccc3SCc3c1ccc(F)c3F)[C@@H]1[C@H]3C[C@@H]4CC[C@@]3(CCN1C2=O)O4.COCCC(=O)Oc1c2n(ccc1=O)N([C@H]1c3ccccc3SCc3c1ccc(F)c3F)[C@@H]1[C@H]3C[C@@H]4CC[C@@]3(CCN1C2=O)O4. The van der Waals surface area contributed by atoms with Crippen molar-refractivity contribution in [1.82, 2.24) is 19.2 Å². The molecule has 10 atom stereocenters. The molecular formula is C66H62F4N6O12S2. The molecule has 2 aromatic heterocycles. The van der Waals surface area contributed by atoms with Crippen molar-refractivity contribution in [2.24, 2.45) is 11.8 Å². The number of methoxy groups -OCH3 is 2. The van der Waals surface area contributed by atoms with Crippen LogP contribution in [-0.2, 0) is 40.0 Å². The molecule has 18 nitrogen and oxygen atoms in total. The van der Waals surface area contributed by atoms with E-state index in [4.69, 9.17) is 28.4 Å². The molecule has 24 heteroatoms. The molecule has 10 aliphatic heterocycles. The number of pyridine rings is 2. The zero-order valence-corrected chi connectivity index (χ0v) is 50.7. The fourth-order valence-corrected chi connectivity index (χ4v) is 18.4. The van der Waals surface area contributed by atoms with Crippen LogP contribution in [0.3, 0.4) is 0 Å². The van der Waals surface area contributed by atoms with Crippen molar-refractivity contribution in [3.8, 4) is 11.5 Å². The van der Waals surface area contributed by atoms with Crippen LogP contribution in [0.5, 0.6) is 11.5 Å². The fraction of sp³-hybridized carbons (Fsp3) is 0.424. The Balaban J connectivity index is 0.000000150. The topological polar surface area (TPSA) is 181 Å². The number of fused-ring (bicyclic) bond motifs is 12. The number of carbonyl (C=O) groups is 4. The monoisotopic (exact) mass is 1270 g/mol. The molecule has 6 fully saturated rings. The first-order valence-corrected chi connectivity index (χ1v) is 32.4. The van der Waals surface area contributed by atoms with Crippen LogP contribution in [0.25, 0.3) is 0 Å². The summed E-state index contributed by atoms with van der Waals surface area (Å²) in [6, 6.07) is 22.2. The number of esters is 2. The van der Waals surface area contributed by atoms with E-state index in [9.17, 15) is 37.5 Å². The van der Waals surface area contributed by atoms with Crippen LogP contribution in [0.1, 0.15) is 131 Å². The number of halogens is 4. The van der Waals surface area contributed by atoms with E-state index in [1.54, 1.807) is 31.3 Å². The summed E-state index contributed by atoms with van der Waals surface area (Å²) in [6.07, 6.45) is 8.34. The molecule has 6 saturated heterocycles. The second kappa shape index (κ2) is 22.7. The molecule has 468 valence electrons. The van der Waals surface area contributed by atoms with Crippen LogP contribution in [0, 0.1) is 35.1 Å². The van der Waals surface area contributed by atoms with Gasteiger partial charge in [-0.2, -0.15) is 0 Å². The third kappa shape index (κ3) is 9.26. The lowest BCUT2D eigenvalue weighted by Gasteiger charge is -2.57. The Bertz CT molecular complexity index is 3860. The Labute approximate surface area is 522 Å². The minimum absolute atomic E-state index is 0.0777. The number of hydrogen-bond donors (Lipinski definition) is 0. The van der Waals surface area contributed by atoms with Crippen molar-refractivity contribution < 1.29 is 65.2 Å². The van der Waals surface area contributed by atoms with Crippen molar-refractivity contribution >= 4 is 47.3 Å². The first kappa shape index (κ1) is 58.9. The smallest absolute Gasteiger partial charge is 0.313 e. The van der Waals surface area contributed by atoms with Crippen LogP contribution in [-0.4, -0.2) is 119 Å². The van der Waals surface area contributed by atoms with Gasteiger partial charge in [0.15, 0.2) is 34.7 Å². The molecule has 0 unspecified atom stereocenters. The summed E-state index contributed by atoms with van der Waals surface area (Å²) < 4.78 is 98.2. The van der Waals surface area contributed by atoms with Gasteiger partial charge < -0.3 is 38.2 Å². The molecule has 6 aromatic rings. The van der Waals surface area contributed by atoms with Gasteiger partial charge in [-0.3, -0.25) is 48.1 Å². The normalized spacial score (nSPS) is 27.7. The fourth-order valence-electron chi connectivity index (χ4n) is 16.2. The summed E-state index contributed by atoms with van der Waals surface area (Å²) in [4.78, 5) is 86.3. The van der Waals surface area contributed by atoms with E-state index >= 15 is 8.78 Å². The standard InChI is InChI=1S/2C33H31F2N3O6S/c2*1-42-15-10-26(40)43-30-24(39)9-13-37-29(30)32(41)36-14-12-33-11-8-18(44-33)16-22(33)31(36)38(37)28-19-6-7-23(34)27(35)21(19)17-45-25-5-3-2-4-20(25)28/h2*2-7,9,13,18,22,28,31H,8,10-12,14-17H2,1H3/t18-,22+,28+,31+,33-;18-,22+,28-,31+,33-/m00/s1. The number of hydrogen-bond acceptors (Lipinski definition) is 16. The zero-order valence-electron chi connectivity index (χ0n) is 49.1. The quantitative estimate of drug-likeness (QED) is 0.0935. The van der Waals surface area contributed by atoms with E-state index in [0.717, 1.165) is 71.6 Å². The van der Waals surface area contributed by atoms with Gasteiger partial charge in [-0.1, -0.05) is 48.5 Å². The Morgan fingerprint density at radius 1 is 0.556 bits per heavy atom. The molecule has 0 aliphatic carbocycles. The average Bonchev–Trinajstić information content (AvgIpc) is 1.35. The van der Waals surface area contributed by atoms with Gasteiger partial charge in [-0.15, -0.1) is 23.5 Å². The van der Waals surface area contributed by atoms with Gasteiger partial charge in [0.2, 0.25) is 22.4 Å². The molecule has 4 bridgehead atoms. The molecule has 16 rings (SSSR count). The maximum Gasteiger partial charge on any atom is 0.313 e. The van der Waals surface area contributed by atoms with Gasteiger partial charge in [0, 0.05) is 96.1 Å². The first-order valence-electron chi connectivity index (χ1n) is 30.4. The van der Waals surface area contributed by atoms with E-state index in [2.05, 4.69) is 0 Å². The molecule has 2 spiro atoms. The van der Waals surface area contributed by atoms with Crippen molar-refractivity contribution in [3.63, 3.8) is 0 Å². The average molecular weight is 1270 g/mol. The largest absolute Gasteiger partial charge is 0.420 e. The second-order valence-corrected chi connectivity index (χ2v) is 26.6. The van der Waals surface area contributed by atoms with E-state index in [0.29, 0.717) is 37.1 Å². The number of rotatable bonds is 10. The number of benzene rings is 4.